The van der Waals surface area contributed by atoms with Gasteiger partial charge in [0.15, 0.2) is 0 Å². The lowest BCUT2D eigenvalue weighted by atomic mass is 9.99. The Balaban J connectivity index is 3.12. The van der Waals surface area contributed by atoms with Gasteiger partial charge in [-0.15, -0.1) is 0 Å². The van der Waals surface area contributed by atoms with Gasteiger partial charge < -0.3 is 5.32 Å². The van der Waals surface area contributed by atoms with Crippen LogP contribution in [0.5, 0.6) is 0 Å². The monoisotopic (exact) mass is 239 g/mol. The van der Waals surface area contributed by atoms with Crippen molar-refractivity contribution < 1.29 is 0 Å². The SMILES string of the molecule is C=CNC(C=C(C)C)c1cccc(C(=C)C=C)c1. The van der Waals surface area contributed by atoms with Crippen LogP contribution in [0.4, 0.5) is 0 Å². The third-order valence-electron chi connectivity index (χ3n) is 2.66. The molecule has 1 aromatic carbocycles. The van der Waals surface area contributed by atoms with Crippen LogP contribution < -0.4 is 5.32 Å². The number of rotatable bonds is 6. The molecule has 0 aliphatic carbocycles. The molecule has 0 fully saturated rings. The van der Waals surface area contributed by atoms with E-state index in [1.165, 1.54) is 11.1 Å². The van der Waals surface area contributed by atoms with E-state index in [-0.39, 0.29) is 6.04 Å². The second-order valence-electron chi connectivity index (χ2n) is 4.45. The van der Waals surface area contributed by atoms with E-state index in [9.17, 15) is 0 Å². The van der Waals surface area contributed by atoms with Crippen molar-refractivity contribution in [1.82, 2.24) is 5.32 Å². The third kappa shape index (κ3) is 3.77. The Kier molecular flexibility index (Phi) is 5.19. The van der Waals surface area contributed by atoms with Crippen LogP contribution in [0.15, 0.2) is 67.9 Å². The maximum Gasteiger partial charge on any atom is 0.0695 e. The molecule has 0 spiro atoms. The third-order valence-corrected chi connectivity index (χ3v) is 2.66. The minimum absolute atomic E-state index is 0.144. The number of nitrogens with one attached hydrogen (secondary N) is 1. The van der Waals surface area contributed by atoms with Crippen molar-refractivity contribution in [3.05, 3.63) is 79.1 Å². The Hall–Kier alpha value is -2.02. The number of hydrogen-bond donors (Lipinski definition) is 1. The first-order chi connectivity index (χ1) is 8.58. The number of hydrogen-bond acceptors (Lipinski definition) is 1. The van der Waals surface area contributed by atoms with Gasteiger partial charge in [-0.3, -0.25) is 0 Å². The molecule has 94 valence electrons. The van der Waals surface area contributed by atoms with Gasteiger partial charge >= 0.3 is 0 Å². The lowest BCUT2D eigenvalue weighted by Crippen LogP contribution is -2.13. The van der Waals surface area contributed by atoms with Gasteiger partial charge in [-0.2, -0.15) is 0 Å². The summed E-state index contributed by atoms with van der Waals surface area (Å²) in [6.07, 6.45) is 5.67. The van der Waals surface area contributed by atoms with Crippen LogP contribution in [-0.4, -0.2) is 0 Å². The van der Waals surface area contributed by atoms with Crippen molar-refractivity contribution in [2.75, 3.05) is 0 Å². The molecule has 1 aromatic rings. The molecular formula is C17H21N. The number of benzene rings is 1. The lowest BCUT2D eigenvalue weighted by molar-refractivity contribution is 0.750. The van der Waals surface area contributed by atoms with E-state index >= 15 is 0 Å². The molecule has 1 nitrogen and oxygen atoms in total. The first-order valence-electron chi connectivity index (χ1n) is 6.02. The fraction of sp³-hybridized carbons (Fsp3) is 0.176. The zero-order valence-corrected chi connectivity index (χ0v) is 11.2. The summed E-state index contributed by atoms with van der Waals surface area (Å²) in [5.41, 5.74) is 4.49. The summed E-state index contributed by atoms with van der Waals surface area (Å²) < 4.78 is 0. The quantitative estimate of drug-likeness (QED) is 0.564. The van der Waals surface area contributed by atoms with Crippen LogP contribution in [0.3, 0.4) is 0 Å². The molecule has 1 heteroatoms. The van der Waals surface area contributed by atoms with Crippen LogP contribution in [0.2, 0.25) is 0 Å². The standard InChI is InChI=1S/C17H21N/c1-6-14(5)15-9-8-10-16(12-15)17(18-7-2)11-13(3)4/h6-12,17-18H,1-2,5H2,3-4H3. The maximum atomic E-state index is 3.98. The summed E-state index contributed by atoms with van der Waals surface area (Å²) in [4.78, 5) is 0. The Bertz CT molecular complexity index is 476. The first kappa shape index (κ1) is 14.0. The van der Waals surface area contributed by atoms with Crippen molar-refractivity contribution >= 4 is 5.57 Å². The minimum Gasteiger partial charge on any atom is -0.381 e. The average molecular weight is 239 g/mol. The Morgan fingerprint density at radius 2 is 2.00 bits per heavy atom. The highest BCUT2D eigenvalue weighted by molar-refractivity contribution is 5.71. The highest BCUT2D eigenvalue weighted by Gasteiger charge is 2.07. The summed E-state index contributed by atoms with van der Waals surface area (Å²) >= 11 is 0. The molecule has 1 rings (SSSR count). The zero-order valence-electron chi connectivity index (χ0n) is 11.2. The van der Waals surface area contributed by atoms with E-state index in [1.54, 1.807) is 12.3 Å². The van der Waals surface area contributed by atoms with Crippen molar-refractivity contribution in [1.29, 1.82) is 0 Å². The first-order valence-corrected chi connectivity index (χ1v) is 6.02. The Morgan fingerprint density at radius 3 is 2.56 bits per heavy atom. The smallest absolute Gasteiger partial charge is 0.0695 e. The summed E-state index contributed by atoms with van der Waals surface area (Å²) in [6, 6.07) is 8.45. The average Bonchev–Trinajstić information content (AvgIpc) is 2.37. The molecule has 1 N–H and O–H groups in total. The predicted octanol–water partition coefficient (Wildman–Crippen LogP) is 4.63. The highest BCUT2D eigenvalue weighted by Crippen LogP contribution is 2.21. The van der Waals surface area contributed by atoms with Crippen molar-refractivity contribution in [2.24, 2.45) is 0 Å². The Morgan fingerprint density at radius 1 is 1.28 bits per heavy atom. The summed E-state index contributed by atoms with van der Waals surface area (Å²) in [5, 5.41) is 3.25. The van der Waals surface area contributed by atoms with Crippen molar-refractivity contribution in [2.45, 2.75) is 19.9 Å². The van der Waals surface area contributed by atoms with Gasteiger partial charge in [-0.25, -0.2) is 0 Å². The molecule has 0 radical (unpaired) electrons. The summed E-state index contributed by atoms with van der Waals surface area (Å²) in [7, 11) is 0. The molecule has 0 amide bonds. The zero-order chi connectivity index (χ0) is 13.5. The van der Waals surface area contributed by atoms with E-state index in [0.717, 1.165) is 11.1 Å². The molecule has 1 unspecified atom stereocenters. The van der Waals surface area contributed by atoms with Crippen molar-refractivity contribution in [3.63, 3.8) is 0 Å². The summed E-state index contributed by atoms with van der Waals surface area (Å²) in [5.74, 6) is 0. The normalized spacial score (nSPS) is 11.2. The minimum atomic E-state index is 0.144. The molecule has 0 aromatic heterocycles. The lowest BCUT2D eigenvalue weighted by Gasteiger charge is -2.15. The van der Waals surface area contributed by atoms with Gasteiger partial charge in [0.25, 0.3) is 0 Å². The van der Waals surface area contributed by atoms with E-state index in [2.05, 4.69) is 57.1 Å². The molecule has 0 saturated carbocycles. The van der Waals surface area contributed by atoms with Crippen LogP contribution >= 0.6 is 0 Å². The maximum absolute atomic E-state index is 3.98. The molecule has 0 saturated heterocycles. The number of allylic oxidation sites excluding steroid dienone is 3. The highest BCUT2D eigenvalue weighted by atomic mass is 14.9. The predicted molar refractivity (Wildman–Crippen MR) is 81.2 cm³/mol. The molecule has 1 atom stereocenters. The molecular weight excluding hydrogens is 218 g/mol. The van der Waals surface area contributed by atoms with Gasteiger partial charge in [0, 0.05) is 0 Å². The van der Waals surface area contributed by atoms with Gasteiger partial charge in [0.1, 0.15) is 0 Å². The van der Waals surface area contributed by atoms with Gasteiger partial charge in [0.05, 0.1) is 6.04 Å². The molecule has 0 heterocycles. The fourth-order valence-electron chi connectivity index (χ4n) is 1.75. The largest absolute Gasteiger partial charge is 0.381 e. The fourth-order valence-corrected chi connectivity index (χ4v) is 1.75. The van der Waals surface area contributed by atoms with Gasteiger partial charge in [0.2, 0.25) is 0 Å². The molecule has 0 aliphatic rings. The van der Waals surface area contributed by atoms with Crippen LogP contribution in [-0.2, 0) is 0 Å². The van der Waals surface area contributed by atoms with Crippen LogP contribution in [0.1, 0.15) is 31.0 Å². The van der Waals surface area contributed by atoms with Gasteiger partial charge in [-0.05, 0) is 42.8 Å². The second-order valence-corrected chi connectivity index (χ2v) is 4.45. The van der Waals surface area contributed by atoms with E-state index in [1.807, 2.05) is 12.1 Å². The molecule has 18 heavy (non-hydrogen) atoms. The molecule has 0 bridgehead atoms. The topological polar surface area (TPSA) is 12.0 Å². The van der Waals surface area contributed by atoms with E-state index < -0.39 is 0 Å². The van der Waals surface area contributed by atoms with Crippen molar-refractivity contribution in [3.8, 4) is 0 Å². The van der Waals surface area contributed by atoms with Crippen LogP contribution in [0, 0.1) is 0 Å². The van der Waals surface area contributed by atoms with E-state index in [4.69, 9.17) is 0 Å². The second kappa shape index (κ2) is 6.65. The van der Waals surface area contributed by atoms with Gasteiger partial charge in [-0.1, -0.05) is 55.7 Å². The summed E-state index contributed by atoms with van der Waals surface area (Å²) in [6.45, 7) is 15.6. The van der Waals surface area contributed by atoms with E-state index in [0.29, 0.717) is 0 Å². The Labute approximate surface area is 110 Å². The molecule has 0 aliphatic heterocycles. The van der Waals surface area contributed by atoms with Crippen LogP contribution in [0.25, 0.3) is 5.57 Å².